The number of hydrogen-bond donors (Lipinski definition) is 0. The lowest BCUT2D eigenvalue weighted by atomic mass is 9.98. The van der Waals surface area contributed by atoms with E-state index >= 15 is 0 Å². The third-order valence-corrected chi connectivity index (χ3v) is 3.98. The standard InChI is InChI=1S/C20H18O2/c1-22-20-11-10-17-12-15(7-9-18(17)13-20)6-8-16-4-2-3-5-19(16)14-21/h2-5,7,9-14H,6,8H2,1H3. The fourth-order valence-corrected chi connectivity index (χ4v) is 2.71. The van der Waals surface area contributed by atoms with Crippen molar-refractivity contribution in [3.63, 3.8) is 0 Å². The molecule has 3 rings (SSSR count). The van der Waals surface area contributed by atoms with Crippen molar-refractivity contribution in [2.45, 2.75) is 12.8 Å². The summed E-state index contributed by atoms with van der Waals surface area (Å²) in [5, 5.41) is 2.39. The topological polar surface area (TPSA) is 26.3 Å². The van der Waals surface area contributed by atoms with Crippen molar-refractivity contribution in [1.82, 2.24) is 0 Å². The highest BCUT2D eigenvalue weighted by molar-refractivity contribution is 5.84. The molecule has 0 aromatic heterocycles. The Morgan fingerprint density at radius 1 is 0.909 bits per heavy atom. The Morgan fingerprint density at radius 2 is 1.68 bits per heavy atom. The normalized spacial score (nSPS) is 10.6. The average Bonchev–Trinajstić information content (AvgIpc) is 2.59. The van der Waals surface area contributed by atoms with Crippen molar-refractivity contribution >= 4 is 17.1 Å². The molecule has 0 heterocycles. The zero-order valence-electron chi connectivity index (χ0n) is 12.6. The van der Waals surface area contributed by atoms with Gasteiger partial charge in [-0.3, -0.25) is 4.79 Å². The van der Waals surface area contributed by atoms with Gasteiger partial charge in [-0.2, -0.15) is 0 Å². The molecule has 2 heteroatoms. The number of benzene rings is 3. The summed E-state index contributed by atoms with van der Waals surface area (Å²) in [5.41, 5.74) is 3.17. The number of aldehydes is 1. The monoisotopic (exact) mass is 290 g/mol. The van der Waals surface area contributed by atoms with Crippen LogP contribution in [0.4, 0.5) is 0 Å². The SMILES string of the molecule is COc1ccc2cc(CCc3ccccc3C=O)ccc2c1. The van der Waals surface area contributed by atoms with Gasteiger partial charge >= 0.3 is 0 Å². The van der Waals surface area contributed by atoms with Gasteiger partial charge in [0.2, 0.25) is 0 Å². The van der Waals surface area contributed by atoms with Gasteiger partial charge in [0.15, 0.2) is 0 Å². The summed E-state index contributed by atoms with van der Waals surface area (Å²) in [6.45, 7) is 0. The second-order valence-electron chi connectivity index (χ2n) is 5.36. The minimum absolute atomic E-state index is 0.785. The molecule has 110 valence electrons. The second-order valence-corrected chi connectivity index (χ2v) is 5.36. The molecule has 0 fully saturated rings. The second kappa shape index (κ2) is 6.44. The Bertz CT molecular complexity index is 806. The fraction of sp³-hybridized carbons (Fsp3) is 0.150. The lowest BCUT2D eigenvalue weighted by Crippen LogP contribution is -1.96. The maximum absolute atomic E-state index is 11.1. The number of methoxy groups -OCH3 is 1. The molecule has 0 atom stereocenters. The molecule has 0 aliphatic heterocycles. The van der Waals surface area contributed by atoms with E-state index in [2.05, 4.69) is 24.3 Å². The van der Waals surface area contributed by atoms with Crippen LogP contribution in [0.3, 0.4) is 0 Å². The Hall–Kier alpha value is -2.61. The first-order valence-corrected chi connectivity index (χ1v) is 7.40. The Kier molecular flexibility index (Phi) is 4.19. The Balaban J connectivity index is 1.81. The quantitative estimate of drug-likeness (QED) is 0.649. The van der Waals surface area contributed by atoms with Crippen LogP contribution in [0.15, 0.2) is 60.7 Å². The molecule has 0 amide bonds. The van der Waals surface area contributed by atoms with Gasteiger partial charge in [-0.15, -0.1) is 0 Å². The Morgan fingerprint density at radius 3 is 2.50 bits per heavy atom. The molecule has 0 radical (unpaired) electrons. The van der Waals surface area contributed by atoms with E-state index in [1.54, 1.807) is 7.11 Å². The van der Waals surface area contributed by atoms with Gasteiger partial charge in [0.25, 0.3) is 0 Å². The fourth-order valence-electron chi connectivity index (χ4n) is 2.71. The number of hydrogen-bond acceptors (Lipinski definition) is 2. The summed E-state index contributed by atoms with van der Waals surface area (Å²) in [4.78, 5) is 11.1. The van der Waals surface area contributed by atoms with E-state index in [9.17, 15) is 4.79 Å². The number of carbonyl (C=O) groups is 1. The number of carbonyl (C=O) groups excluding carboxylic acids is 1. The van der Waals surface area contributed by atoms with Crippen LogP contribution in [-0.4, -0.2) is 13.4 Å². The summed E-state index contributed by atoms with van der Waals surface area (Å²) < 4.78 is 5.25. The smallest absolute Gasteiger partial charge is 0.150 e. The van der Waals surface area contributed by atoms with Gasteiger partial charge in [0, 0.05) is 5.56 Å². The summed E-state index contributed by atoms with van der Waals surface area (Å²) in [6, 6.07) is 20.4. The van der Waals surface area contributed by atoms with E-state index in [4.69, 9.17) is 4.74 Å². The predicted octanol–water partition coefficient (Wildman–Crippen LogP) is 4.45. The summed E-state index contributed by atoms with van der Waals surface area (Å²) in [5.74, 6) is 0.875. The molecule has 0 aliphatic rings. The zero-order valence-corrected chi connectivity index (χ0v) is 12.6. The first-order chi connectivity index (χ1) is 10.8. The number of fused-ring (bicyclic) bond motifs is 1. The van der Waals surface area contributed by atoms with Crippen molar-refractivity contribution in [3.8, 4) is 5.75 Å². The first kappa shape index (κ1) is 14.3. The van der Waals surface area contributed by atoms with E-state index in [-0.39, 0.29) is 0 Å². The molecule has 0 N–H and O–H groups in total. The minimum Gasteiger partial charge on any atom is -0.497 e. The number of rotatable bonds is 5. The average molecular weight is 290 g/mol. The van der Waals surface area contributed by atoms with Crippen LogP contribution in [0.5, 0.6) is 5.75 Å². The molecule has 0 saturated heterocycles. The van der Waals surface area contributed by atoms with Crippen LogP contribution >= 0.6 is 0 Å². The number of ether oxygens (including phenoxy) is 1. The molecule has 0 aliphatic carbocycles. The van der Waals surface area contributed by atoms with Crippen LogP contribution in [0.1, 0.15) is 21.5 Å². The molecule has 0 bridgehead atoms. The highest BCUT2D eigenvalue weighted by atomic mass is 16.5. The van der Waals surface area contributed by atoms with Gasteiger partial charge in [0.05, 0.1) is 7.11 Å². The molecule has 0 saturated carbocycles. The van der Waals surface area contributed by atoms with Crippen LogP contribution in [0.2, 0.25) is 0 Å². The summed E-state index contributed by atoms with van der Waals surface area (Å²) >= 11 is 0. The predicted molar refractivity (Wildman–Crippen MR) is 89.7 cm³/mol. The highest BCUT2D eigenvalue weighted by Crippen LogP contribution is 2.22. The third kappa shape index (κ3) is 3.01. The minimum atomic E-state index is 0.785. The molecule has 0 spiro atoms. The molecular formula is C20H18O2. The van der Waals surface area contributed by atoms with Crippen molar-refractivity contribution in [2.24, 2.45) is 0 Å². The van der Waals surface area contributed by atoms with Gasteiger partial charge in [-0.1, -0.05) is 48.5 Å². The van der Waals surface area contributed by atoms with E-state index in [1.165, 1.54) is 16.3 Å². The lowest BCUT2D eigenvalue weighted by Gasteiger charge is -2.07. The van der Waals surface area contributed by atoms with Gasteiger partial charge in [-0.25, -0.2) is 0 Å². The lowest BCUT2D eigenvalue weighted by molar-refractivity contribution is 0.112. The van der Waals surface area contributed by atoms with Crippen molar-refractivity contribution in [2.75, 3.05) is 7.11 Å². The molecule has 2 nitrogen and oxygen atoms in total. The summed E-state index contributed by atoms with van der Waals surface area (Å²) in [6.07, 6.45) is 2.73. The molecule has 3 aromatic carbocycles. The van der Waals surface area contributed by atoms with Crippen LogP contribution in [0.25, 0.3) is 10.8 Å². The van der Waals surface area contributed by atoms with E-state index in [1.807, 2.05) is 36.4 Å². The van der Waals surface area contributed by atoms with Crippen LogP contribution in [-0.2, 0) is 12.8 Å². The van der Waals surface area contributed by atoms with Crippen molar-refractivity contribution < 1.29 is 9.53 Å². The largest absolute Gasteiger partial charge is 0.497 e. The van der Waals surface area contributed by atoms with E-state index < -0.39 is 0 Å². The van der Waals surface area contributed by atoms with E-state index in [0.29, 0.717) is 0 Å². The highest BCUT2D eigenvalue weighted by Gasteiger charge is 2.03. The molecular weight excluding hydrogens is 272 g/mol. The number of aryl methyl sites for hydroxylation is 2. The summed E-state index contributed by atoms with van der Waals surface area (Å²) in [7, 11) is 1.68. The van der Waals surface area contributed by atoms with Crippen molar-refractivity contribution in [1.29, 1.82) is 0 Å². The maximum atomic E-state index is 11.1. The third-order valence-electron chi connectivity index (χ3n) is 3.98. The van der Waals surface area contributed by atoms with Gasteiger partial charge < -0.3 is 4.74 Å². The molecule has 3 aromatic rings. The van der Waals surface area contributed by atoms with Gasteiger partial charge in [-0.05, 0) is 46.9 Å². The molecule has 0 unspecified atom stereocenters. The maximum Gasteiger partial charge on any atom is 0.150 e. The first-order valence-electron chi connectivity index (χ1n) is 7.40. The molecule has 22 heavy (non-hydrogen) atoms. The van der Waals surface area contributed by atoms with Crippen molar-refractivity contribution in [3.05, 3.63) is 77.4 Å². The Labute approximate surface area is 130 Å². The van der Waals surface area contributed by atoms with E-state index in [0.717, 1.165) is 36.0 Å². The van der Waals surface area contributed by atoms with Crippen LogP contribution in [0, 0.1) is 0 Å². The zero-order chi connectivity index (χ0) is 15.4. The van der Waals surface area contributed by atoms with Gasteiger partial charge in [0.1, 0.15) is 12.0 Å². The van der Waals surface area contributed by atoms with Crippen LogP contribution < -0.4 is 4.74 Å².